The third kappa shape index (κ3) is 3.50. The van der Waals surface area contributed by atoms with Gasteiger partial charge in [-0.1, -0.05) is 23.2 Å². The number of aromatic nitrogens is 2. The molecule has 110 valence electrons. The zero-order chi connectivity index (χ0) is 15.4. The molecule has 1 aromatic heterocycles. The van der Waals surface area contributed by atoms with Crippen LogP contribution in [0, 0.1) is 10.1 Å². The largest absolute Gasteiger partial charge is 0.473 e. The van der Waals surface area contributed by atoms with Crippen molar-refractivity contribution in [2.24, 2.45) is 0 Å². The summed E-state index contributed by atoms with van der Waals surface area (Å²) >= 11 is 11.7. The van der Waals surface area contributed by atoms with Crippen molar-refractivity contribution in [2.45, 2.75) is 6.92 Å². The van der Waals surface area contributed by atoms with Crippen molar-refractivity contribution in [2.75, 3.05) is 11.9 Å². The molecule has 1 heterocycles. The minimum absolute atomic E-state index is 0.0110. The van der Waals surface area contributed by atoms with Crippen LogP contribution in [0.15, 0.2) is 24.5 Å². The minimum Gasteiger partial charge on any atom is -0.473 e. The van der Waals surface area contributed by atoms with Gasteiger partial charge in [-0.05, 0) is 25.1 Å². The molecule has 0 amide bonds. The molecule has 0 aliphatic carbocycles. The number of halogens is 2. The summed E-state index contributed by atoms with van der Waals surface area (Å²) in [5.41, 5.74) is 0.166. The molecule has 1 aromatic carbocycles. The second-order valence-electron chi connectivity index (χ2n) is 3.82. The Hall–Kier alpha value is -2.12. The van der Waals surface area contributed by atoms with E-state index in [1.54, 1.807) is 19.1 Å². The van der Waals surface area contributed by atoms with Gasteiger partial charge >= 0.3 is 5.69 Å². The first-order valence-corrected chi connectivity index (χ1v) is 6.62. The summed E-state index contributed by atoms with van der Waals surface area (Å²) in [6, 6.07) is 4.74. The van der Waals surface area contributed by atoms with E-state index < -0.39 is 4.92 Å². The lowest BCUT2D eigenvalue weighted by atomic mass is 10.3. The number of nitrogens with one attached hydrogen (secondary N) is 1. The van der Waals surface area contributed by atoms with Gasteiger partial charge in [0.2, 0.25) is 5.82 Å². The third-order valence-electron chi connectivity index (χ3n) is 2.43. The van der Waals surface area contributed by atoms with Crippen molar-refractivity contribution in [1.82, 2.24) is 9.97 Å². The van der Waals surface area contributed by atoms with Crippen LogP contribution in [0.3, 0.4) is 0 Å². The number of rotatable bonds is 5. The van der Waals surface area contributed by atoms with Crippen LogP contribution in [0.2, 0.25) is 10.0 Å². The predicted octanol–water partition coefficient (Wildman–Crippen LogP) is 3.83. The molecule has 21 heavy (non-hydrogen) atoms. The Labute approximate surface area is 130 Å². The van der Waals surface area contributed by atoms with Gasteiger partial charge in [-0.2, -0.15) is 4.98 Å². The Balaban J connectivity index is 2.41. The van der Waals surface area contributed by atoms with Gasteiger partial charge in [-0.3, -0.25) is 10.1 Å². The molecule has 0 spiro atoms. The molecule has 0 bridgehead atoms. The highest BCUT2D eigenvalue weighted by molar-refractivity contribution is 6.42. The van der Waals surface area contributed by atoms with Gasteiger partial charge in [-0.25, -0.2) is 4.98 Å². The zero-order valence-corrected chi connectivity index (χ0v) is 12.4. The SMILES string of the molecule is CCOc1ncnc(Nc2ccc(Cl)c(Cl)c2)c1[N+](=O)[O-]. The highest BCUT2D eigenvalue weighted by atomic mass is 35.5. The van der Waals surface area contributed by atoms with E-state index in [4.69, 9.17) is 27.9 Å². The predicted molar refractivity (Wildman–Crippen MR) is 79.6 cm³/mol. The maximum atomic E-state index is 11.2. The molecule has 0 unspecified atom stereocenters. The average Bonchev–Trinajstić information content (AvgIpc) is 2.43. The summed E-state index contributed by atoms with van der Waals surface area (Å²) < 4.78 is 5.14. The first-order chi connectivity index (χ1) is 10.0. The highest BCUT2D eigenvalue weighted by Crippen LogP contribution is 2.34. The second-order valence-corrected chi connectivity index (χ2v) is 4.63. The first kappa shape index (κ1) is 15.3. The van der Waals surface area contributed by atoms with Crippen LogP contribution in [0.25, 0.3) is 0 Å². The van der Waals surface area contributed by atoms with Gasteiger partial charge in [0.1, 0.15) is 6.33 Å². The van der Waals surface area contributed by atoms with E-state index in [9.17, 15) is 10.1 Å². The number of benzene rings is 1. The topological polar surface area (TPSA) is 90.2 Å². The Bertz CT molecular complexity index is 682. The molecular formula is C12H10Cl2N4O3. The summed E-state index contributed by atoms with van der Waals surface area (Å²) in [5, 5.41) is 14.7. The van der Waals surface area contributed by atoms with E-state index in [-0.39, 0.29) is 24.0 Å². The van der Waals surface area contributed by atoms with Gasteiger partial charge in [-0.15, -0.1) is 0 Å². The Kier molecular flexibility index (Phi) is 4.77. The average molecular weight is 329 g/mol. The van der Waals surface area contributed by atoms with Crippen molar-refractivity contribution in [3.63, 3.8) is 0 Å². The Morgan fingerprint density at radius 1 is 1.33 bits per heavy atom. The molecular weight excluding hydrogens is 319 g/mol. The minimum atomic E-state index is -0.606. The summed E-state index contributed by atoms with van der Waals surface area (Å²) in [5.74, 6) is -0.0862. The second kappa shape index (κ2) is 6.55. The molecule has 0 aliphatic heterocycles. The fourth-order valence-electron chi connectivity index (χ4n) is 1.57. The fraction of sp³-hybridized carbons (Fsp3) is 0.167. The standard InChI is InChI=1S/C12H10Cl2N4O3/c1-2-21-12-10(18(19)20)11(15-6-16-12)17-7-3-4-8(13)9(14)5-7/h3-6H,2H2,1H3,(H,15,16,17). The summed E-state index contributed by atoms with van der Waals surface area (Å²) in [6.07, 6.45) is 1.18. The summed E-state index contributed by atoms with van der Waals surface area (Å²) in [4.78, 5) is 18.2. The van der Waals surface area contributed by atoms with E-state index in [2.05, 4.69) is 15.3 Å². The van der Waals surface area contributed by atoms with Crippen LogP contribution in [0.4, 0.5) is 17.2 Å². The van der Waals surface area contributed by atoms with Crippen LogP contribution in [0.1, 0.15) is 6.92 Å². The molecule has 2 rings (SSSR count). The van der Waals surface area contributed by atoms with Crippen LogP contribution < -0.4 is 10.1 Å². The van der Waals surface area contributed by atoms with Gasteiger partial charge in [0.15, 0.2) is 0 Å². The van der Waals surface area contributed by atoms with E-state index in [0.717, 1.165) is 0 Å². The van der Waals surface area contributed by atoms with E-state index in [1.807, 2.05) is 0 Å². The smallest absolute Gasteiger partial charge is 0.373 e. The van der Waals surface area contributed by atoms with Crippen LogP contribution in [0.5, 0.6) is 5.88 Å². The van der Waals surface area contributed by atoms with Crippen LogP contribution in [-0.2, 0) is 0 Å². The lowest BCUT2D eigenvalue weighted by Gasteiger charge is -2.09. The number of hydrogen-bond donors (Lipinski definition) is 1. The van der Waals surface area contributed by atoms with Gasteiger partial charge in [0.05, 0.1) is 21.6 Å². The number of nitrogens with zero attached hydrogens (tertiary/aromatic N) is 3. The molecule has 0 saturated heterocycles. The van der Waals surface area contributed by atoms with Crippen LogP contribution in [-0.4, -0.2) is 21.5 Å². The highest BCUT2D eigenvalue weighted by Gasteiger charge is 2.24. The van der Waals surface area contributed by atoms with Crippen molar-refractivity contribution in [1.29, 1.82) is 0 Å². The number of anilines is 2. The Morgan fingerprint density at radius 2 is 2.10 bits per heavy atom. The van der Waals surface area contributed by atoms with Gasteiger partial charge in [0, 0.05) is 5.69 Å². The van der Waals surface area contributed by atoms with Gasteiger partial charge < -0.3 is 10.1 Å². The van der Waals surface area contributed by atoms with E-state index >= 15 is 0 Å². The summed E-state index contributed by atoms with van der Waals surface area (Å²) in [7, 11) is 0. The van der Waals surface area contributed by atoms with Crippen molar-refractivity contribution in [3.05, 3.63) is 44.7 Å². The van der Waals surface area contributed by atoms with Crippen molar-refractivity contribution < 1.29 is 9.66 Å². The zero-order valence-electron chi connectivity index (χ0n) is 10.8. The van der Waals surface area contributed by atoms with E-state index in [0.29, 0.717) is 15.7 Å². The molecule has 0 radical (unpaired) electrons. The molecule has 7 nitrogen and oxygen atoms in total. The maximum Gasteiger partial charge on any atom is 0.373 e. The Morgan fingerprint density at radius 3 is 2.71 bits per heavy atom. The number of ether oxygens (including phenoxy) is 1. The molecule has 1 N–H and O–H groups in total. The lowest BCUT2D eigenvalue weighted by molar-refractivity contribution is -0.385. The molecule has 0 fully saturated rings. The van der Waals surface area contributed by atoms with Crippen LogP contribution >= 0.6 is 23.2 Å². The molecule has 0 saturated carbocycles. The van der Waals surface area contributed by atoms with Crippen molar-refractivity contribution in [3.8, 4) is 5.88 Å². The lowest BCUT2D eigenvalue weighted by Crippen LogP contribution is -2.05. The normalized spacial score (nSPS) is 10.2. The van der Waals surface area contributed by atoms with Crippen molar-refractivity contribution >= 4 is 40.4 Å². The number of nitro groups is 1. The number of hydrogen-bond acceptors (Lipinski definition) is 6. The monoisotopic (exact) mass is 328 g/mol. The van der Waals surface area contributed by atoms with E-state index in [1.165, 1.54) is 12.4 Å². The fourth-order valence-corrected chi connectivity index (χ4v) is 1.87. The maximum absolute atomic E-state index is 11.2. The molecule has 0 atom stereocenters. The quantitative estimate of drug-likeness (QED) is 0.662. The molecule has 0 aliphatic rings. The summed E-state index contributed by atoms with van der Waals surface area (Å²) in [6.45, 7) is 1.96. The van der Waals surface area contributed by atoms with Gasteiger partial charge in [0.25, 0.3) is 5.88 Å². The molecule has 2 aromatic rings. The first-order valence-electron chi connectivity index (χ1n) is 5.87. The third-order valence-corrected chi connectivity index (χ3v) is 3.17. The molecule has 9 heteroatoms.